The Morgan fingerprint density at radius 1 is 1.47 bits per heavy atom. The predicted octanol–water partition coefficient (Wildman–Crippen LogP) is 1.75. The number of nitrogens with one attached hydrogen (secondary N) is 1. The van der Waals surface area contributed by atoms with Crippen molar-refractivity contribution in [2.75, 3.05) is 12.3 Å². The van der Waals surface area contributed by atoms with Crippen LogP contribution >= 0.6 is 11.6 Å². The number of aliphatic hydroxyl groups is 1. The maximum absolute atomic E-state index is 12.3. The minimum absolute atomic E-state index is 0.0493. The summed E-state index contributed by atoms with van der Waals surface area (Å²) in [6.07, 6.45) is 0.870. The van der Waals surface area contributed by atoms with Gasteiger partial charge in [-0.2, -0.15) is 0 Å². The van der Waals surface area contributed by atoms with E-state index in [0.29, 0.717) is 18.5 Å². The highest BCUT2D eigenvalue weighted by atomic mass is 35.5. The van der Waals surface area contributed by atoms with Crippen molar-refractivity contribution in [2.45, 2.75) is 37.1 Å². The SMILES string of the molecule is CCC(C)(CCO)NS(=O)(=O)c1cc(N)ccc1Cl. The zero-order valence-corrected chi connectivity index (χ0v) is 12.6. The molecule has 0 amide bonds. The van der Waals surface area contributed by atoms with E-state index in [1.165, 1.54) is 18.2 Å². The number of benzene rings is 1. The number of nitrogens with two attached hydrogens (primary N) is 1. The molecular formula is C12H19ClN2O3S. The summed E-state index contributed by atoms with van der Waals surface area (Å²) in [5.74, 6) is 0. The molecule has 1 unspecified atom stereocenters. The summed E-state index contributed by atoms with van der Waals surface area (Å²) >= 11 is 5.91. The van der Waals surface area contributed by atoms with Crippen molar-refractivity contribution in [1.29, 1.82) is 0 Å². The van der Waals surface area contributed by atoms with Gasteiger partial charge in [0, 0.05) is 17.8 Å². The van der Waals surface area contributed by atoms with Crippen LogP contribution in [0.2, 0.25) is 5.02 Å². The van der Waals surface area contributed by atoms with Gasteiger partial charge in [-0.15, -0.1) is 0 Å². The average Bonchev–Trinajstić information content (AvgIpc) is 2.31. The van der Waals surface area contributed by atoms with Crippen LogP contribution in [0.25, 0.3) is 0 Å². The van der Waals surface area contributed by atoms with Crippen LogP contribution in [-0.2, 0) is 10.0 Å². The normalized spacial score (nSPS) is 15.2. The molecule has 5 nitrogen and oxygen atoms in total. The summed E-state index contributed by atoms with van der Waals surface area (Å²) < 4.78 is 27.2. The summed E-state index contributed by atoms with van der Waals surface area (Å²) in [6, 6.07) is 4.30. The lowest BCUT2D eigenvalue weighted by Gasteiger charge is -2.28. The standard InChI is InChI=1S/C12H19ClN2O3S/c1-3-12(2,6-7-16)15-19(17,18)11-8-9(14)4-5-10(11)13/h4-5,8,15-16H,3,6-7,14H2,1-2H3. The Bertz CT molecular complexity index is 548. The highest BCUT2D eigenvalue weighted by molar-refractivity contribution is 7.89. The van der Waals surface area contributed by atoms with Gasteiger partial charge in [0.05, 0.1) is 5.02 Å². The third-order valence-electron chi connectivity index (χ3n) is 3.07. The molecule has 0 saturated heterocycles. The lowest BCUT2D eigenvalue weighted by molar-refractivity contribution is 0.233. The number of rotatable bonds is 6. The highest BCUT2D eigenvalue weighted by Crippen LogP contribution is 2.26. The first kappa shape index (κ1) is 16.2. The summed E-state index contributed by atoms with van der Waals surface area (Å²) in [6.45, 7) is 3.48. The first-order valence-corrected chi connectivity index (χ1v) is 7.80. The Labute approximate surface area is 118 Å². The van der Waals surface area contributed by atoms with Crippen molar-refractivity contribution >= 4 is 27.3 Å². The van der Waals surface area contributed by atoms with Crippen molar-refractivity contribution in [3.8, 4) is 0 Å². The molecule has 0 bridgehead atoms. The third-order valence-corrected chi connectivity index (χ3v) is 5.19. The van der Waals surface area contributed by atoms with Crippen molar-refractivity contribution in [1.82, 2.24) is 4.72 Å². The molecule has 108 valence electrons. The molecule has 0 spiro atoms. The van der Waals surface area contributed by atoms with Crippen LogP contribution in [0.5, 0.6) is 0 Å². The maximum Gasteiger partial charge on any atom is 0.242 e. The summed E-state index contributed by atoms with van der Waals surface area (Å²) in [7, 11) is -3.78. The number of hydrogen-bond donors (Lipinski definition) is 3. The van der Waals surface area contributed by atoms with Crippen LogP contribution in [0.15, 0.2) is 23.1 Å². The average molecular weight is 307 g/mol. The maximum atomic E-state index is 12.3. The lowest BCUT2D eigenvalue weighted by Crippen LogP contribution is -2.46. The minimum atomic E-state index is -3.78. The Kier molecular flexibility index (Phi) is 5.20. The molecule has 1 atom stereocenters. The molecule has 4 N–H and O–H groups in total. The first-order chi connectivity index (χ1) is 8.74. The topological polar surface area (TPSA) is 92.4 Å². The Hall–Kier alpha value is -0.820. The van der Waals surface area contributed by atoms with Gasteiger partial charge in [0.1, 0.15) is 4.90 Å². The third kappa shape index (κ3) is 4.07. The number of sulfonamides is 1. The molecule has 0 aromatic heterocycles. The molecule has 0 saturated carbocycles. The van der Waals surface area contributed by atoms with E-state index < -0.39 is 15.6 Å². The largest absolute Gasteiger partial charge is 0.399 e. The quantitative estimate of drug-likeness (QED) is 0.698. The molecule has 1 aromatic rings. The van der Waals surface area contributed by atoms with Crippen LogP contribution in [0.4, 0.5) is 5.69 Å². The second kappa shape index (κ2) is 6.09. The molecule has 0 fully saturated rings. The van der Waals surface area contributed by atoms with Crippen LogP contribution in [0, 0.1) is 0 Å². The van der Waals surface area contributed by atoms with Crippen molar-refractivity contribution in [3.05, 3.63) is 23.2 Å². The number of nitrogen functional groups attached to an aromatic ring is 1. The summed E-state index contributed by atoms with van der Waals surface area (Å²) in [4.78, 5) is -0.0493. The van der Waals surface area contributed by atoms with Crippen LogP contribution in [0.3, 0.4) is 0 Å². The van der Waals surface area contributed by atoms with Gasteiger partial charge in [-0.1, -0.05) is 18.5 Å². The van der Waals surface area contributed by atoms with Crippen LogP contribution < -0.4 is 10.5 Å². The second-order valence-electron chi connectivity index (χ2n) is 4.68. The van der Waals surface area contributed by atoms with E-state index >= 15 is 0 Å². The van der Waals surface area contributed by atoms with Gasteiger partial charge in [-0.05, 0) is 38.0 Å². The monoisotopic (exact) mass is 306 g/mol. The predicted molar refractivity (Wildman–Crippen MR) is 76.6 cm³/mol. The van der Waals surface area contributed by atoms with Gasteiger partial charge in [-0.25, -0.2) is 13.1 Å². The Morgan fingerprint density at radius 3 is 2.63 bits per heavy atom. The summed E-state index contributed by atoms with van der Waals surface area (Å²) in [5.41, 5.74) is 5.19. The van der Waals surface area contributed by atoms with Crippen molar-refractivity contribution < 1.29 is 13.5 Å². The molecule has 0 aliphatic rings. The molecule has 7 heteroatoms. The van der Waals surface area contributed by atoms with E-state index in [0.717, 1.165) is 0 Å². The molecule has 1 aromatic carbocycles. The summed E-state index contributed by atoms with van der Waals surface area (Å²) in [5, 5.41) is 9.13. The molecule has 0 aliphatic heterocycles. The van der Waals surface area contributed by atoms with Gasteiger partial charge >= 0.3 is 0 Å². The van der Waals surface area contributed by atoms with Gasteiger partial charge in [0.15, 0.2) is 0 Å². The number of anilines is 1. The van der Waals surface area contributed by atoms with Crippen LogP contribution in [-0.4, -0.2) is 25.7 Å². The van der Waals surface area contributed by atoms with E-state index in [1.807, 2.05) is 6.92 Å². The molecule has 0 radical (unpaired) electrons. The van der Waals surface area contributed by atoms with E-state index in [9.17, 15) is 8.42 Å². The molecule has 1 rings (SSSR count). The molecule has 0 aliphatic carbocycles. The van der Waals surface area contributed by atoms with Gasteiger partial charge in [-0.3, -0.25) is 0 Å². The lowest BCUT2D eigenvalue weighted by atomic mass is 9.97. The fraction of sp³-hybridized carbons (Fsp3) is 0.500. The van der Waals surface area contributed by atoms with Gasteiger partial charge in [0.2, 0.25) is 10.0 Å². The van der Waals surface area contributed by atoms with Crippen molar-refractivity contribution in [3.63, 3.8) is 0 Å². The highest BCUT2D eigenvalue weighted by Gasteiger charge is 2.29. The first-order valence-electron chi connectivity index (χ1n) is 5.94. The zero-order chi connectivity index (χ0) is 14.7. The Balaban J connectivity index is 3.14. The van der Waals surface area contributed by atoms with Gasteiger partial charge < -0.3 is 10.8 Å². The zero-order valence-electron chi connectivity index (χ0n) is 11.0. The number of hydrogen-bond acceptors (Lipinski definition) is 4. The second-order valence-corrected chi connectivity index (χ2v) is 6.74. The fourth-order valence-electron chi connectivity index (χ4n) is 1.65. The van der Waals surface area contributed by atoms with E-state index in [2.05, 4.69) is 4.72 Å². The van der Waals surface area contributed by atoms with Gasteiger partial charge in [0.25, 0.3) is 0 Å². The van der Waals surface area contributed by atoms with Crippen LogP contribution in [0.1, 0.15) is 26.7 Å². The smallest absolute Gasteiger partial charge is 0.242 e. The van der Waals surface area contributed by atoms with E-state index in [-0.39, 0.29) is 16.5 Å². The molecular weight excluding hydrogens is 288 g/mol. The molecule has 19 heavy (non-hydrogen) atoms. The van der Waals surface area contributed by atoms with E-state index in [4.69, 9.17) is 22.4 Å². The molecule has 0 heterocycles. The van der Waals surface area contributed by atoms with Crippen molar-refractivity contribution in [2.24, 2.45) is 0 Å². The van der Waals surface area contributed by atoms with E-state index in [1.54, 1.807) is 6.92 Å². The Morgan fingerprint density at radius 2 is 2.11 bits per heavy atom. The number of aliphatic hydroxyl groups excluding tert-OH is 1. The number of halogens is 1. The minimum Gasteiger partial charge on any atom is -0.399 e. The fourth-order valence-corrected chi connectivity index (χ4v) is 3.70.